The van der Waals surface area contributed by atoms with Gasteiger partial charge in [0.05, 0.1) is 17.2 Å². The van der Waals surface area contributed by atoms with Gasteiger partial charge in [0.25, 0.3) is 5.56 Å². The van der Waals surface area contributed by atoms with Crippen molar-refractivity contribution in [3.8, 4) is 0 Å². The molecule has 2 rings (SSSR count). The van der Waals surface area contributed by atoms with Crippen LogP contribution in [0.25, 0.3) is 11.0 Å². The summed E-state index contributed by atoms with van der Waals surface area (Å²) >= 11 is 0. The first-order valence-corrected chi connectivity index (χ1v) is 7.61. The Kier molecular flexibility index (Phi) is 4.78. The van der Waals surface area contributed by atoms with Gasteiger partial charge in [-0.25, -0.2) is 4.98 Å². The Hall–Kier alpha value is -1.68. The Balaban J connectivity index is 2.40. The summed E-state index contributed by atoms with van der Waals surface area (Å²) in [6, 6.07) is 8.03. The lowest BCUT2D eigenvalue weighted by Crippen LogP contribution is -2.45. The van der Waals surface area contributed by atoms with E-state index in [-0.39, 0.29) is 17.0 Å². The topological polar surface area (TPSA) is 46.9 Å². The van der Waals surface area contributed by atoms with E-state index < -0.39 is 0 Å². The molecule has 1 unspecified atom stereocenters. The standard InChI is InChI=1S/C17H25N3O/c1-5-10-18-15(17(2,3)4)12-20-14-9-7-6-8-13(14)19-11-16(20)21/h6-9,11,15,18H,5,10,12H2,1-4H3. The van der Waals surface area contributed by atoms with E-state index in [9.17, 15) is 4.79 Å². The van der Waals surface area contributed by atoms with Crippen molar-refractivity contribution in [3.63, 3.8) is 0 Å². The minimum absolute atomic E-state index is 0.0405. The van der Waals surface area contributed by atoms with Crippen LogP contribution >= 0.6 is 0 Å². The van der Waals surface area contributed by atoms with Crippen molar-refractivity contribution in [1.29, 1.82) is 0 Å². The molecule has 0 amide bonds. The van der Waals surface area contributed by atoms with Crippen LogP contribution in [0, 0.1) is 5.41 Å². The lowest BCUT2D eigenvalue weighted by atomic mass is 9.86. The van der Waals surface area contributed by atoms with E-state index in [1.165, 1.54) is 6.20 Å². The van der Waals surface area contributed by atoms with Crippen molar-refractivity contribution in [2.75, 3.05) is 6.54 Å². The summed E-state index contributed by atoms with van der Waals surface area (Å²) in [4.78, 5) is 16.5. The summed E-state index contributed by atoms with van der Waals surface area (Å²) in [5.41, 5.74) is 1.80. The predicted octanol–water partition coefficient (Wildman–Crippen LogP) is 2.81. The van der Waals surface area contributed by atoms with E-state index in [0.29, 0.717) is 6.54 Å². The third-order valence-electron chi connectivity index (χ3n) is 3.80. The fourth-order valence-corrected chi connectivity index (χ4v) is 2.45. The Morgan fingerprint density at radius 3 is 2.67 bits per heavy atom. The first kappa shape index (κ1) is 15.7. The molecule has 4 heteroatoms. The quantitative estimate of drug-likeness (QED) is 0.920. The molecule has 1 N–H and O–H groups in total. The molecular formula is C17H25N3O. The summed E-state index contributed by atoms with van der Waals surface area (Å²) < 4.78 is 1.83. The highest BCUT2D eigenvalue weighted by Gasteiger charge is 2.25. The van der Waals surface area contributed by atoms with Gasteiger partial charge in [-0.3, -0.25) is 4.79 Å². The van der Waals surface area contributed by atoms with Gasteiger partial charge in [0.1, 0.15) is 0 Å². The molecule has 0 saturated heterocycles. The number of aromatic nitrogens is 2. The summed E-state index contributed by atoms with van der Waals surface area (Å²) in [6.45, 7) is 10.4. The van der Waals surface area contributed by atoms with Crippen molar-refractivity contribution < 1.29 is 0 Å². The highest BCUT2D eigenvalue weighted by molar-refractivity contribution is 5.74. The maximum atomic E-state index is 12.2. The Bertz CT molecular complexity index is 655. The van der Waals surface area contributed by atoms with Crippen molar-refractivity contribution in [2.24, 2.45) is 5.41 Å². The Morgan fingerprint density at radius 1 is 1.29 bits per heavy atom. The monoisotopic (exact) mass is 287 g/mol. The number of nitrogens with one attached hydrogen (secondary N) is 1. The Labute approximate surface area is 126 Å². The number of para-hydroxylation sites is 2. The number of nitrogens with zero attached hydrogens (tertiary/aromatic N) is 2. The van der Waals surface area contributed by atoms with Crippen molar-refractivity contribution in [2.45, 2.75) is 46.7 Å². The predicted molar refractivity (Wildman–Crippen MR) is 87.5 cm³/mol. The van der Waals surface area contributed by atoms with Gasteiger partial charge in [-0.2, -0.15) is 0 Å². The van der Waals surface area contributed by atoms with Crippen LogP contribution in [0.4, 0.5) is 0 Å². The molecule has 21 heavy (non-hydrogen) atoms. The van der Waals surface area contributed by atoms with Gasteiger partial charge in [0.15, 0.2) is 0 Å². The first-order valence-electron chi connectivity index (χ1n) is 7.61. The van der Waals surface area contributed by atoms with Crippen LogP contribution in [-0.4, -0.2) is 22.1 Å². The molecule has 0 aliphatic carbocycles. The second kappa shape index (κ2) is 6.39. The third-order valence-corrected chi connectivity index (χ3v) is 3.80. The van der Waals surface area contributed by atoms with Gasteiger partial charge in [0.2, 0.25) is 0 Å². The van der Waals surface area contributed by atoms with Crippen LogP contribution in [0.2, 0.25) is 0 Å². The molecule has 1 aromatic heterocycles. The van der Waals surface area contributed by atoms with E-state index >= 15 is 0 Å². The minimum atomic E-state index is -0.0405. The fraction of sp³-hybridized carbons (Fsp3) is 0.529. The van der Waals surface area contributed by atoms with Crippen LogP contribution in [-0.2, 0) is 6.54 Å². The molecule has 0 aliphatic rings. The molecular weight excluding hydrogens is 262 g/mol. The number of rotatable bonds is 5. The molecule has 0 spiro atoms. The lowest BCUT2D eigenvalue weighted by Gasteiger charge is -2.32. The van der Waals surface area contributed by atoms with Gasteiger partial charge in [-0.15, -0.1) is 0 Å². The first-order chi connectivity index (χ1) is 9.93. The maximum Gasteiger partial charge on any atom is 0.269 e. The summed E-state index contributed by atoms with van der Waals surface area (Å²) in [7, 11) is 0. The van der Waals surface area contributed by atoms with Crippen LogP contribution in [0.15, 0.2) is 35.3 Å². The molecule has 0 radical (unpaired) electrons. The average molecular weight is 287 g/mol. The summed E-state index contributed by atoms with van der Waals surface area (Å²) in [5.74, 6) is 0. The van der Waals surface area contributed by atoms with Gasteiger partial charge < -0.3 is 9.88 Å². The van der Waals surface area contributed by atoms with E-state index in [2.05, 4.69) is 38.0 Å². The van der Waals surface area contributed by atoms with Crippen LogP contribution in [0.1, 0.15) is 34.1 Å². The molecule has 1 aromatic carbocycles. The van der Waals surface area contributed by atoms with E-state index in [1.807, 2.05) is 28.8 Å². The highest BCUT2D eigenvalue weighted by Crippen LogP contribution is 2.21. The number of hydrogen-bond donors (Lipinski definition) is 1. The van der Waals surface area contributed by atoms with Gasteiger partial charge >= 0.3 is 0 Å². The second-order valence-corrected chi connectivity index (χ2v) is 6.57. The van der Waals surface area contributed by atoms with Crippen LogP contribution in [0.5, 0.6) is 0 Å². The molecule has 4 nitrogen and oxygen atoms in total. The van der Waals surface area contributed by atoms with E-state index in [4.69, 9.17) is 0 Å². The lowest BCUT2D eigenvalue weighted by molar-refractivity contribution is 0.242. The average Bonchev–Trinajstić information content (AvgIpc) is 2.44. The zero-order chi connectivity index (χ0) is 15.5. The SMILES string of the molecule is CCCNC(Cn1c(=O)cnc2ccccc21)C(C)(C)C. The third kappa shape index (κ3) is 3.70. The fourth-order valence-electron chi connectivity index (χ4n) is 2.45. The summed E-state index contributed by atoms with van der Waals surface area (Å²) in [6.07, 6.45) is 2.50. The molecule has 0 bridgehead atoms. The van der Waals surface area contributed by atoms with Gasteiger partial charge in [-0.05, 0) is 30.5 Å². The molecule has 2 aromatic rings. The van der Waals surface area contributed by atoms with Gasteiger partial charge in [-0.1, -0.05) is 39.8 Å². The minimum Gasteiger partial charge on any atom is -0.312 e. The highest BCUT2D eigenvalue weighted by atomic mass is 16.1. The maximum absolute atomic E-state index is 12.2. The van der Waals surface area contributed by atoms with E-state index in [0.717, 1.165) is 24.0 Å². The number of hydrogen-bond acceptors (Lipinski definition) is 3. The zero-order valence-electron chi connectivity index (χ0n) is 13.4. The Morgan fingerprint density at radius 2 is 2.00 bits per heavy atom. The largest absolute Gasteiger partial charge is 0.312 e. The smallest absolute Gasteiger partial charge is 0.269 e. The van der Waals surface area contributed by atoms with Gasteiger partial charge in [0, 0.05) is 12.6 Å². The van der Waals surface area contributed by atoms with Crippen LogP contribution in [0.3, 0.4) is 0 Å². The van der Waals surface area contributed by atoms with Crippen molar-refractivity contribution in [3.05, 3.63) is 40.8 Å². The molecule has 1 atom stereocenters. The summed E-state index contributed by atoms with van der Waals surface area (Å²) in [5, 5.41) is 3.57. The number of fused-ring (bicyclic) bond motifs is 1. The molecule has 0 fully saturated rings. The van der Waals surface area contributed by atoms with Crippen molar-refractivity contribution in [1.82, 2.24) is 14.9 Å². The number of benzene rings is 1. The molecule has 114 valence electrons. The van der Waals surface area contributed by atoms with Crippen molar-refractivity contribution >= 4 is 11.0 Å². The van der Waals surface area contributed by atoms with Crippen LogP contribution < -0.4 is 10.9 Å². The zero-order valence-corrected chi connectivity index (χ0v) is 13.4. The molecule has 0 aliphatic heterocycles. The normalized spacial score (nSPS) is 13.5. The second-order valence-electron chi connectivity index (χ2n) is 6.57. The van der Waals surface area contributed by atoms with E-state index in [1.54, 1.807) is 0 Å². The molecule has 0 saturated carbocycles. The molecule has 1 heterocycles.